The van der Waals surface area contributed by atoms with Gasteiger partial charge in [0.25, 0.3) is 0 Å². The lowest BCUT2D eigenvalue weighted by Crippen LogP contribution is -3.20. The lowest BCUT2D eigenvalue weighted by atomic mass is 9.73. The number of pyridine rings is 1. The minimum absolute atomic E-state index is 0.0369. The van der Waals surface area contributed by atoms with E-state index in [1.54, 1.807) is 12.0 Å². The molecule has 3 saturated heterocycles. The van der Waals surface area contributed by atoms with Gasteiger partial charge in [0.05, 0.1) is 31.6 Å². The zero-order valence-electron chi connectivity index (χ0n) is 17.0. The van der Waals surface area contributed by atoms with Crippen LogP contribution < -0.4 is 9.64 Å². The van der Waals surface area contributed by atoms with Gasteiger partial charge in [0.15, 0.2) is 6.10 Å². The third-order valence-electron chi connectivity index (χ3n) is 7.13. The topological polar surface area (TPSA) is 52.9 Å². The van der Waals surface area contributed by atoms with Gasteiger partial charge in [-0.3, -0.25) is 9.78 Å². The number of esters is 1. The molecule has 1 saturated carbocycles. The molecule has 5 atom stereocenters. The normalized spacial score (nSPS) is 29.4. The first-order valence-electron chi connectivity index (χ1n) is 10.8. The molecule has 4 fully saturated rings. The number of piperidine rings is 3. The highest BCUT2D eigenvalue weighted by atomic mass is 16.5. The van der Waals surface area contributed by atoms with Crippen LogP contribution in [-0.4, -0.2) is 37.2 Å². The van der Waals surface area contributed by atoms with E-state index in [2.05, 4.69) is 17.6 Å². The van der Waals surface area contributed by atoms with E-state index in [0.717, 1.165) is 54.6 Å². The summed E-state index contributed by atoms with van der Waals surface area (Å²) in [4.78, 5) is 18.8. The second-order valence-electron chi connectivity index (χ2n) is 8.82. The van der Waals surface area contributed by atoms with E-state index < -0.39 is 0 Å². The molecule has 5 heteroatoms. The van der Waals surface area contributed by atoms with Crippen molar-refractivity contribution in [3.8, 4) is 5.75 Å². The minimum atomic E-state index is -0.246. The maximum absolute atomic E-state index is 12.7. The van der Waals surface area contributed by atoms with Gasteiger partial charge in [0, 0.05) is 35.9 Å². The Morgan fingerprint density at radius 1 is 1.31 bits per heavy atom. The number of hydrogen-bond acceptors (Lipinski definition) is 4. The lowest BCUT2D eigenvalue weighted by molar-refractivity contribution is -0.949. The summed E-state index contributed by atoms with van der Waals surface area (Å²) in [5.41, 5.74) is 1.97. The van der Waals surface area contributed by atoms with Crippen LogP contribution in [0, 0.1) is 17.8 Å². The molecular formula is C24H29N2O3+. The van der Waals surface area contributed by atoms with Gasteiger partial charge in [-0.2, -0.15) is 0 Å². The van der Waals surface area contributed by atoms with Crippen molar-refractivity contribution in [3.05, 3.63) is 48.7 Å². The summed E-state index contributed by atoms with van der Waals surface area (Å²) in [5, 5.41) is 1.02. The van der Waals surface area contributed by atoms with E-state index in [0.29, 0.717) is 11.8 Å². The molecule has 4 aliphatic rings. The molecule has 1 N–H and O–H groups in total. The van der Waals surface area contributed by atoms with Crippen LogP contribution in [0.15, 0.2) is 43.1 Å². The molecule has 1 aromatic heterocycles. The van der Waals surface area contributed by atoms with Crippen molar-refractivity contribution in [3.63, 3.8) is 0 Å². The number of nitrogens with zero attached hydrogens (tertiary/aromatic N) is 1. The summed E-state index contributed by atoms with van der Waals surface area (Å²) in [5.74, 6) is 2.06. The molecule has 152 valence electrons. The molecule has 2 bridgehead atoms. The summed E-state index contributed by atoms with van der Waals surface area (Å²) >= 11 is 0. The zero-order chi connectivity index (χ0) is 20.0. The molecule has 1 aromatic carbocycles. The van der Waals surface area contributed by atoms with Gasteiger partial charge in [-0.05, 0) is 43.0 Å². The molecular weight excluding hydrogens is 364 g/mol. The number of carbonyl (C=O) groups excluding carboxylic acids is 1. The molecule has 0 amide bonds. The number of aromatic nitrogens is 1. The highest BCUT2D eigenvalue weighted by molar-refractivity contribution is 5.84. The monoisotopic (exact) mass is 393 g/mol. The van der Waals surface area contributed by atoms with E-state index in [-0.39, 0.29) is 24.0 Å². The first-order chi connectivity index (χ1) is 14.2. The lowest BCUT2D eigenvalue weighted by Gasteiger charge is -2.48. The van der Waals surface area contributed by atoms with Crippen LogP contribution >= 0.6 is 0 Å². The molecule has 4 heterocycles. The van der Waals surface area contributed by atoms with E-state index >= 15 is 0 Å². The Morgan fingerprint density at radius 2 is 2.17 bits per heavy atom. The van der Waals surface area contributed by atoms with E-state index in [4.69, 9.17) is 9.47 Å². The fraction of sp³-hybridized carbons (Fsp3) is 0.500. The van der Waals surface area contributed by atoms with E-state index in [9.17, 15) is 4.79 Å². The number of quaternary nitrogens is 1. The first kappa shape index (κ1) is 18.6. The second kappa shape index (κ2) is 7.45. The number of fused-ring (bicyclic) bond motifs is 4. The standard InChI is InChI=1S/C24H28N2O3/c1-3-15-14-26-11-9-17(15)12-22(26)23(29-24(27)16-4-5-16)19-8-10-25-21-7-6-18(28-2)13-20(19)21/h3,6-8,10,13,15-17,22-23H,1,4-5,9,11-12,14H2,2H3/p+1/t15-,17-,22+,23+/m0/s1. The zero-order valence-corrected chi connectivity index (χ0v) is 17.0. The van der Waals surface area contributed by atoms with Crippen molar-refractivity contribution in [1.82, 2.24) is 4.98 Å². The molecule has 29 heavy (non-hydrogen) atoms. The SMILES string of the molecule is C=C[C@H]1C[NH+]2CC[C@H]1C[C@@H]2[C@H](OC(=O)C1CC1)c1ccnc2ccc(OC)cc12. The van der Waals surface area contributed by atoms with Gasteiger partial charge >= 0.3 is 5.97 Å². The average molecular weight is 394 g/mol. The molecule has 0 radical (unpaired) electrons. The van der Waals surface area contributed by atoms with Gasteiger partial charge in [-0.15, -0.1) is 6.58 Å². The van der Waals surface area contributed by atoms with Gasteiger partial charge in [-0.25, -0.2) is 0 Å². The number of ether oxygens (including phenoxy) is 2. The molecule has 5 nitrogen and oxygen atoms in total. The number of methoxy groups -OCH3 is 1. The van der Waals surface area contributed by atoms with Crippen LogP contribution in [0.2, 0.25) is 0 Å². The van der Waals surface area contributed by atoms with Crippen LogP contribution in [0.5, 0.6) is 5.75 Å². The highest BCUT2D eigenvalue weighted by Crippen LogP contribution is 2.39. The Morgan fingerprint density at radius 3 is 2.86 bits per heavy atom. The third kappa shape index (κ3) is 3.42. The first-order valence-corrected chi connectivity index (χ1v) is 10.8. The Balaban J connectivity index is 1.55. The van der Waals surface area contributed by atoms with Crippen molar-refractivity contribution in [2.24, 2.45) is 17.8 Å². The van der Waals surface area contributed by atoms with Crippen LogP contribution in [-0.2, 0) is 9.53 Å². The van der Waals surface area contributed by atoms with Crippen molar-refractivity contribution in [2.75, 3.05) is 20.2 Å². The average Bonchev–Trinajstić information content (AvgIpc) is 3.62. The molecule has 6 rings (SSSR count). The fourth-order valence-electron chi connectivity index (χ4n) is 5.32. The predicted octanol–water partition coefficient (Wildman–Crippen LogP) is 2.72. The minimum Gasteiger partial charge on any atom is -0.497 e. The molecule has 1 aliphatic carbocycles. The predicted molar refractivity (Wildman–Crippen MR) is 111 cm³/mol. The summed E-state index contributed by atoms with van der Waals surface area (Å²) in [6.07, 6.45) is 7.93. The van der Waals surface area contributed by atoms with Crippen molar-refractivity contribution < 1.29 is 19.2 Å². The van der Waals surface area contributed by atoms with Gasteiger partial charge in [0.2, 0.25) is 0 Å². The molecule has 2 aromatic rings. The van der Waals surface area contributed by atoms with Crippen LogP contribution in [0.3, 0.4) is 0 Å². The summed E-state index contributed by atoms with van der Waals surface area (Å²) in [7, 11) is 1.67. The Labute approximate surface area is 171 Å². The quantitative estimate of drug-likeness (QED) is 0.606. The molecule has 3 aliphatic heterocycles. The maximum Gasteiger partial charge on any atom is 0.309 e. The summed E-state index contributed by atoms with van der Waals surface area (Å²) in [6.45, 7) is 6.28. The van der Waals surface area contributed by atoms with Gasteiger partial charge < -0.3 is 14.4 Å². The van der Waals surface area contributed by atoms with Crippen molar-refractivity contribution >= 4 is 16.9 Å². The highest BCUT2D eigenvalue weighted by Gasteiger charge is 2.48. The molecule has 1 unspecified atom stereocenters. The van der Waals surface area contributed by atoms with Gasteiger partial charge in [0.1, 0.15) is 11.8 Å². The summed E-state index contributed by atoms with van der Waals surface area (Å²) < 4.78 is 11.7. The van der Waals surface area contributed by atoms with E-state index in [1.807, 2.05) is 30.5 Å². The second-order valence-corrected chi connectivity index (χ2v) is 8.82. The number of rotatable bonds is 6. The van der Waals surface area contributed by atoms with Crippen LogP contribution in [0.4, 0.5) is 0 Å². The Bertz CT molecular complexity index is 939. The van der Waals surface area contributed by atoms with E-state index in [1.165, 1.54) is 6.42 Å². The number of carbonyl (C=O) groups is 1. The number of hydrogen-bond donors (Lipinski definition) is 1. The van der Waals surface area contributed by atoms with Crippen molar-refractivity contribution in [2.45, 2.75) is 37.8 Å². The van der Waals surface area contributed by atoms with Gasteiger partial charge in [-0.1, -0.05) is 6.08 Å². The molecule has 0 spiro atoms. The largest absolute Gasteiger partial charge is 0.497 e. The maximum atomic E-state index is 12.7. The van der Waals surface area contributed by atoms with Crippen LogP contribution in [0.25, 0.3) is 10.9 Å². The van der Waals surface area contributed by atoms with Crippen LogP contribution in [0.1, 0.15) is 37.4 Å². The Hall–Kier alpha value is -2.40. The fourth-order valence-corrected chi connectivity index (χ4v) is 5.32. The summed E-state index contributed by atoms with van der Waals surface area (Å²) in [6, 6.07) is 8.24. The Kier molecular flexibility index (Phi) is 4.78. The smallest absolute Gasteiger partial charge is 0.309 e. The van der Waals surface area contributed by atoms with Crippen molar-refractivity contribution in [1.29, 1.82) is 0 Å². The third-order valence-corrected chi connectivity index (χ3v) is 7.13. The number of nitrogens with one attached hydrogen (secondary N) is 1. The number of benzene rings is 1.